The summed E-state index contributed by atoms with van der Waals surface area (Å²) in [5.74, 6) is -0.157. The highest BCUT2D eigenvalue weighted by molar-refractivity contribution is 6.31. The van der Waals surface area contributed by atoms with Crippen LogP contribution in [0.25, 0.3) is 0 Å². The van der Waals surface area contributed by atoms with E-state index in [-0.39, 0.29) is 30.4 Å². The van der Waals surface area contributed by atoms with Crippen molar-refractivity contribution in [2.75, 3.05) is 19.6 Å². The van der Waals surface area contributed by atoms with Gasteiger partial charge in [0.25, 0.3) is 0 Å². The fraction of sp³-hybridized carbons (Fsp3) is 0.429. The summed E-state index contributed by atoms with van der Waals surface area (Å²) in [4.78, 5) is 25.4. The molecule has 112 valence electrons. The predicted octanol–water partition coefficient (Wildman–Crippen LogP) is 0.206. The van der Waals surface area contributed by atoms with Crippen LogP contribution in [0.5, 0.6) is 0 Å². The molecule has 2 heterocycles. The number of rotatable bonds is 2. The lowest BCUT2D eigenvalue weighted by molar-refractivity contribution is -0.139. The zero-order chi connectivity index (χ0) is 14.8. The van der Waals surface area contributed by atoms with Crippen molar-refractivity contribution in [2.24, 2.45) is 0 Å². The van der Waals surface area contributed by atoms with E-state index in [1.807, 2.05) is 24.3 Å². The average molecular weight is 309 g/mol. The van der Waals surface area contributed by atoms with Gasteiger partial charge in [-0.15, -0.1) is 0 Å². The maximum atomic E-state index is 12.4. The smallest absolute Gasteiger partial charge is 0.241 e. The number of nitrogens with zero attached hydrogens (tertiary/aromatic N) is 1. The van der Waals surface area contributed by atoms with Crippen molar-refractivity contribution in [3.05, 3.63) is 34.9 Å². The molecule has 0 bridgehead atoms. The van der Waals surface area contributed by atoms with Crippen molar-refractivity contribution in [1.82, 2.24) is 21.1 Å². The Labute approximate surface area is 127 Å². The van der Waals surface area contributed by atoms with Crippen LogP contribution in [0.2, 0.25) is 5.02 Å². The number of benzene rings is 1. The summed E-state index contributed by atoms with van der Waals surface area (Å²) in [7, 11) is 0. The number of hydrogen-bond donors (Lipinski definition) is 3. The number of amides is 2. The number of hydrogen-bond acceptors (Lipinski definition) is 4. The third-order valence-electron chi connectivity index (χ3n) is 3.83. The minimum atomic E-state index is -0.336. The zero-order valence-electron chi connectivity index (χ0n) is 11.4. The summed E-state index contributed by atoms with van der Waals surface area (Å²) < 4.78 is 0. The molecule has 6 nitrogen and oxygen atoms in total. The Balaban J connectivity index is 1.65. The van der Waals surface area contributed by atoms with Crippen LogP contribution in [-0.4, -0.2) is 42.4 Å². The molecular weight excluding hydrogens is 292 g/mol. The number of hydrazine groups is 1. The van der Waals surface area contributed by atoms with Gasteiger partial charge in [0.2, 0.25) is 11.8 Å². The number of carbonyl (C=O) groups excluding carboxylic acids is 2. The fourth-order valence-corrected chi connectivity index (χ4v) is 2.99. The first-order valence-electron chi connectivity index (χ1n) is 6.96. The van der Waals surface area contributed by atoms with E-state index in [2.05, 4.69) is 16.2 Å². The molecule has 0 radical (unpaired) electrons. The third kappa shape index (κ3) is 3.02. The predicted molar refractivity (Wildman–Crippen MR) is 78.5 cm³/mol. The first-order valence-corrected chi connectivity index (χ1v) is 7.34. The maximum absolute atomic E-state index is 12.4. The molecule has 1 aromatic carbocycles. The van der Waals surface area contributed by atoms with Crippen LogP contribution in [0.4, 0.5) is 0 Å². The summed E-state index contributed by atoms with van der Waals surface area (Å²) in [6.07, 6.45) is 0.612. The molecule has 3 rings (SSSR count). The van der Waals surface area contributed by atoms with Crippen LogP contribution in [0.15, 0.2) is 24.3 Å². The van der Waals surface area contributed by atoms with Gasteiger partial charge in [-0.25, -0.2) is 10.9 Å². The average Bonchev–Trinajstić information content (AvgIpc) is 2.96. The molecule has 2 atom stereocenters. The summed E-state index contributed by atoms with van der Waals surface area (Å²) in [5, 5.41) is 3.40. The first-order chi connectivity index (χ1) is 10.1. The van der Waals surface area contributed by atoms with Crippen molar-refractivity contribution in [2.45, 2.75) is 18.5 Å². The minimum absolute atomic E-state index is 0.00809. The van der Waals surface area contributed by atoms with Gasteiger partial charge in [0.15, 0.2) is 0 Å². The van der Waals surface area contributed by atoms with Gasteiger partial charge in [0.05, 0.1) is 6.54 Å². The van der Waals surface area contributed by atoms with Crippen LogP contribution < -0.4 is 16.2 Å². The number of carbonyl (C=O) groups is 2. The molecule has 0 aliphatic carbocycles. The molecule has 2 saturated heterocycles. The van der Waals surface area contributed by atoms with Gasteiger partial charge < -0.3 is 10.2 Å². The molecule has 21 heavy (non-hydrogen) atoms. The van der Waals surface area contributed by atoms with Gasteiger partial charge in [0.1, 0.15) is 6.04 Å². The van der Waals surface area contributed by atoms with Crippen LogP contribution in [-0.2, 0) is 9.59 Å². The van der Waals surface area contributed by atoms with Gasteiger partial charge in [-0.2, -0.15) is 0 Å². The van der Waals surface area contributed by atoms with Gasteiger partial charge in [-0.05, 0) is 18.1 Å². The van der Waals surface area contributed by atoms with E-state index in [0.29, 0.717) is 24.5 Å². The van der Waals surface area contributed by atoms with Gasteiger partial charge in [-0.1, -0.05) is 29.8 Å². The van der Waals surface area contributed by atoms with Gasteiger partial charge in [0, 0.05) is 24.2 Å². The quantitative estimate of drug-likeness (QED) is 0.730. The monoisotopic (exact) mass is 308 g/mol. The minimum Gasteiger partial charge on any atom is -0.353 e. The highest BCUT2D eigenvalue weighted by Gasteiger charge is 2.34. The molecule has 2 aliphatic rings. The van der Waals surface area contributed by atoms with Gasteiger partial charge in [-0.3, -0.25) is 9.59 Å². The Morgan fingerprint density at radius 3 is 2.86 bits per heavy atom. The van der Waals surface area contributed by atoms with Crippen LogP contribution in [0.1, 0.15) is 18.0 Å². The van der Waals surface area contributed by atoms with E-state index in [4.69, 9.17) is 11.6 Å². The Kier molecular flexibility index (Phi) is 4.10. The standard InChI is InChI=1S/C14H17ClN4O2/c15-10-4-2-1-3-9(10)11-7-12(18-17-11)14(21)19-6-5-16-13(20)8-19/h1-4,11-12,17-18H,5-8H2,(H,16,20). The molecule has 2 unspecified atom stereocenters. The SMILES string of the molecule is O=C1CN(C(=O)C2CC(c3ccccc3Cl)NN2)CCN1. The second-order valence-electron chi connectivity index (χ2n) is 5.26. The molecule has 1 aromatic rings. The van der Waals surface area contributed by atoms with E-state index < -0.39 is 0 Å². The van der Waals surface area contributed by atoms with Crippen molar-refractivity contribution in [3.63, 3.8) is 0 Å². The van der Waals surface area contributed by atoms with E-state index in [1.54, 1.807) is 4.90 Å². The number of nitrogens with one attached hydrogen (secondary N) is 3. The van der Waals surface area contributed by atoms with E-state index in [0.717, 1.165) is 5.56 Å². The molecule has 2 aliphatic heterocycles. The lowest BCUT2D eigenvalue weighted by Crippen LogP contribution is -2.54. The lowest BCUT2D eigenvalue weighted by Gasteiger charge is -2.28. The summed E-state index contributed by atoms with van der Waals surface area (Å²) in [6.45, 7) is 1.20. The second-order valence-corrected chi connectivity index (χ2v) is 5.67. The second kappa shape index (κ2) is 6.01. The molecule has 0 spiro atoms. The van der Waals surface area contributed by atoms with E-state index in [9.17, 15) is 9.59 Å². The van der Waals surface area contributed by atoms with Crippen LogP contribution in [0, 0.1) is 0 Å². The Morgan fingerprint density at radius 1 is 1.29 bits per heavy atom. The number of halogens is 1. The van der Waals surface area contributed by atoms with Crippen molar-refractivity contribution < 1.29 is 9.59 Å². The largest absolute Gasteiger partial charge is 0.353 e. The lowest BCUT2D eigenvalue weighted by atomic mass is 10.0. The molecule has 2 amide bonds. The van der Waals surface area contributed by atoms with Crippen molar-refractivity contribution in [3.8, 4) is 0 Å². The van der Waals surface area contributed by atoms with E-state index >= 15 is 0 Å². The Morgan fingerprint density at radius 2 is 2.10 bits per heavy atom. The molecule has 2 fully saturated rings. The van der Waals surface area contributed by atoms with Gasteiger partial charge >= 0.3 is 0 Å². The highest BCUT2D eigenvalue weighted by atomic mass is 35.5. The van der Waals surface area contributed by atoms with Crippen molar-refractivity contribution >= 4 is 23.4 Å². The molecule has 7 heteroatoms. The van der Waals surface area contributed by atoms with Crippen LogP contribution in [0.3, 0.4) is 0 Å². The van der Waals surface area contributed by atoms with Crippen molar-refractivity contribution in [1.29, 1.82) is 0 Å². The summed E-state index contributed by atoms with van der Waals surface area (Å²) in [6, 6.07) is 7.24. The topological polar surface area (TPSA) is 73.5 Å². The summed E-state index contributed by atoms with van der Waals surface area (Å²) in [5.41, 5.74) is 7.10. The highest BCUT2D eigenvalue weighted by Crippen LogP contribution is 2.28. The molecular formula is C14H17ClN4O2. The molecule has 0 saturated carbocycles. The summed E-state index contributed by atoms with van der Waals surface area (Å²) >= 11 is 6.18. The third-order valence-corrected chi connectivity index (χ3v) is 4.18. The first kappa shape index (κ1) is 14.3. The Hall–Kier alpha value is -1.63. The Bertz CT molecular complexity index is 566. The molecule has 0 aromatic heterocycles. The number of piperazine rings is 1. The zero-order valence-corrected chi connectivity index (χ0v) is 12.2. The molecule has 3 N–H and O–H groups in total. The van der Waals surface area contributed by atoms with E-state index in [1.165, 1.54) is 0 Å². The fourth-order valence-electron chi connectivity index (χ4n) is 2.73. The van der Waals surface area contributed by atoms with Crippen LogP contribution >= 0.6 is 11.6 Å². The maximum Gasteiger partial charge on any atom is 0.241 e. The normalized spacial score (nSPS) is 25.8.